The lowest BCUT2D eigenvalue weighted by Crippen LogP contribution is -2.09. The van der Waals surface area contributed by atoms with E-state index in [1.807, 2.05) is 6.07 Å². The molecule has 0 aromatic heterocycles. The number of methoxy groups -OCH3 is 1. The van der Waals surface area contributed by atoms with Gasteiger partial charge in [-0.15, -0.1) is 0 Å². The van der Waals surface area contributed by atoms with E-state index in [4.69, 9.17) is 15.4 Å². The summed E-state index contributed by atoms with van der Waals surface area (Å²) in [6.45, 7) is 0. The van der Waals surface area contributed by atoms with E-state index in [0.29, 0.717) is 5.75 Å². The van der Waals surface area contributed by atoms with Gasteiger partial charge in [0, 0.05) is 10.7 Å². The summed E-state index contributed by atoms with van der Waals surface area (Å²) >= 11 is 0. The van der Waals surface area contributed by atoms with Gasteiger partial charge in [0.2, 0.25) is 0 Å². The minimum atomic E-state index is -3.74. The molecule has 1 aliphatic rings. The monoisotopic (exact) mass is 260 g/mol. The standard InChI is InChI=1S/C11H13ClO3S/c1-15-10-7-6-8-4-2-3-5-9(8)11(10)16(12,13)14/h6-7H,2-5H2,1H3. The van der Waals surface area contributed by atoms with Crippen LogP contribution in [0.15, 0.2) is 17.0 Å². The molecule has 0 saturated carbocycles. The van der Waals surface area contributed by atoms with Crippen LogP contribution in [0, 0.1) is 0 Å². The molecule has 16 heavy (non-hydrogen) atoms. The molecule has 0 N–H and O–H groups in total. The van der Waals surface area contributed by atoms with Crippen molar-refractivity contribution in [2.24, 2.45) is 0 Å². The topological polar surface area (TPSA) is 43.4 Å². The molecule has 0 aliphatic heterocycles. The van der Waals surface area contributed by atoms with E-state index in [-0.39, 0.29) is 4.90 Å². The van der Waals surface area contributed by atoms with Gasteiger partial charge in [-0.05, 0) is 42.9 Å². The predicted molar refractivity (Wildman–Crippen MR) is 62.7 cm³/mol. The molecule has 2 rings (SSSR count). The Morgan fingerprint density at radius 1 is 1.25 bits per heavy atom. The first-order chi connectivity index (χ1) is 7.54. The fourth-order valence-electron chi connectivity index (χ4n) is 2.20. The van der Waals surface area contributed by atoms with E-state index in [1.165, 1.54) is 7.11 Å². The van der Waals surface area contributed by atoms with Crippen molar-refractivity contribution < 1.29 is 13.2 Å². The number of benzene rings is 1. The number of hydrogen-bond acceptors (Lipinski definition) is 3. The van der Waals surface area contributed by atoms with Crippen molar-refractivity contribution in [2.75, 3.05) is 7.11 Å². The van der Waals surface area contributed by atoms with Crippen LogP contribution >= 0.6 is 10.7 Å². The average molecular weight is 261 g/mol. The first-order valence-electron chi connectivity index (χ1n) is 5.17. The molecule has 1 aromatic carbocycles. The Labute approximate surface area is 99.8 Å². The summed E-state index contributed by atoms with van der Waals surface area (Å²) in [6.07, 6.45) is 3.77. The fourth-order valence-corrected chi connectivity index (χ4v) is 3.63. The first-order valence-corrected chi connectivity index (χ1v) is 7.48. The largest absolute Gasteiger partial charge is 0.495 e. The minimum absolute atomic E-state index is 0.161. The lowest BCUT2D eigenvalue weighted by molar-refractivity contribution is 0.400. The summed E-state index contributed by atoms with van der Waals surface area (Å²) < 4.78 is 28.2. The number of rotatable bonds is 2. The quantitative estimate of drug-likeness (QED) is 0.768. The third kappa shape index (κ3) is 2.04. The van der Waals surface area contributed by atoms with Gasteiger partial charge in [-0.25, -0.2) is 8.42 Å². The van der Waals surface area contributed by atoms with Gasteiger partial charge in [-0.2, -0.15) is 0 Å². The molecule has 0 spiro atoms. The third-order valence-electron chi connectivity index (χ3n) is 2.91. The molecule has 0 unspecified atom stereocenters. The summed E-state index contributed by atoms with van der Waals surface area (Å²) in [6, 6.07) is 3.61. The molecule has 3 nitrogen and oxygen atoms in total. The van der Waals surface area contributed by atoms with Crippen LogP contribution in [0.25, 0.3) is 0 Å². The summed E-state index contributed by atoms with van der Waals surface area (Å²) in [4.78, 5) is 0.161. The summed E-state index contributed by atoms with van der Waals surface area (Å²) in [5.41, 5.74) is 1.91. The highest BCUT2D eigenvalue weighted by atomic mass is 35.7. The van der Waals surface area contributed by atoms with Crippen molar-refractivity contribution in [2.45, 2.75) is 30.6 Å². The molecule has 0 saturated heterocycles. The highest BCUT2D eigenvalue weighted by Gasteiger charge is 2.25. The van der Waals surface area contributed by atoms with E-state index in [2.05, 4.69) is 0 Å². The number of aryl methyl sites for hydroxylation is 1. The lowest BCUT2D eigenvalue weighted by atomic mass is 9.91. The molecular weight excluding hydrogens is 248 g/mol. The molecule has 0 radical (unpaired) electrons. The number of fused-ring (bicyclic) bond motifs is 1. The Hall–Kier alpha value is -0.740. The minimum Gasteiger partial charge on any atom is -0.495 e. The maximum absolute atomic E-state index is 11.6. The molecule has 5 heteroatoms. The number of hydrogen-bond donors (Lipinski definition) is 0. The third-order valence-corrected chi connectivity index (χ3v) is 4.31. The summed E-state index contributed by atoms with van der Waals surface area (Å²) in [5.74, 6) is 0.343. The fraction of sp³-hybridized carbons (Fsp3) is 0.455. The average Bonchev–Trinajstić information content (AvgIpc) is 2.26. The Balaban J connectivity index is 2.71. The van der Waals surface area contributed by atoms with E-state index in [1.54, 1.807) is 6.07 Å². The van der Waals surface area contributed by atoms with Gasteiger partial charge in [-0.1, -0.05) is 6.07 Å². The van der Waals surface area contributed by atoms with E-state index < -0.39 is 9.05 Å². The summed E-state index contributed by atoms with van der Waals surface area (Å²) in [5, 5.41) is 0. The van der Waals surface area contributed by atoms with Crippen LogP contribution in [0.1, 0.15) is 24.0 Å². The van der Waals surface area contributed by atoms with Gasteiger partial charge in [0.1, 0.15) is 10.6 Å². The highest BCUT2D eigenvalue weighted by Crippen LogP contribution is 2.36. The van der Waals surface area contributed by atoms with E-state index >= 15 is 0 Å². The second-order valence-electron chi connectivity index (χ2n) is 3.88. The van der Waals surface area contributed by atoms with Crippen LogP contribution in [0.4, 0.5) is 0 Å². The second-order valence-corrected chi connectivity index (χ2v) is 6.38. The van der Waals surface area contributed by atoms with Crippen molar-refractivity contribution in [3.05, 3.63) is 23.3 Å². The molecule has 88 valence electrons. The van der Waals surface area contributed by atoms with E-state index in [0.717, 1.165) is 36.8 Å². The van der Waals surface area contributed by atoms with Crippen molar-refractivity contribution in [1.82, 2.24) is 0 Å². The van der Waals surface area contributed by atoms with Gasteiger partial charge >= 0.3 is 0 Å². The molecule has 0 bridgehead atoms. The molecule has 0 heterocycles. The van der Waals surface area contributed by atoms with Gasteiger partial charge < -0.3 is 4.74 Å². The summed E-state index contributed by atoms with van der Waals surface area (Å²) in [7, 11) is 3.19. The van der Waals surface area contributed by atoms with E-state index in [9.17, 15) is 8.42 Å². The zero-order valence-electron chi connectivity index (χ0n) is 8.99. The highest BCUT2D eigenvalue weighted by molar-refractivity contribution is 8.13. The zero-order valence-corrected chi connectivity index (χ0v) is 10.6. The Bertz CT molecular complexity index is 508. The first kappa shape index (κ1) is 11.7. The van der Waals surface area contributed by atoms with Gasteiger partial charge in [0.25, 0.3) is 9.05 Å². The SMILES string of the molecule is COc1ccc2c(c1S(=O)(=O)Cl)CCCC2. The van der Waals surface area contributed by atoms with Crippen LogP contribution in [0.2, 0.25) is 0 Å². The zero-order chi connectivity index (χ0) is 11.8. The van der Waals surface area contributed by atoms with Crippen molar-refractivity contribution in [3.63, 3.8) is 0 Å². The van der Waals surface area contributed by atoms with Gasteiger partial charge in [0.15, 0.2) is 0 Å². The molecule has 1 aliphatic carbocycles. The van der Waals surface area contributed by atoms with Crippen molar-refractivity contribution in [1.29, 1.82) is 0 Å². The van der Waals surface area contributed by atoms with Gasteiger partial charge in [0.05, 0.1) is 7.11 Å². The van der Waals surface area contributed by atoms with Crippen molar-refractivity contribution >= 4 is 19.7 Å². The Morgan fingerprint density at radius 3 is 2.56 bits per heavy atom. The number of ether oxygens (including phenoxy) is 1. The van der Waals surface area contributed by atoms with Crippen molar-refractivity contribution in [3.8, 4) is 5.75 Å². The molecule has 1 aromatic rings. The van der Waals surface area contributed by atoms with Crippen LogP contribution in [-0.2, 0) is 21.9 Å². The molecular formula is C11H13ClO3S. The molecule has 0 fully saturated rings. The normalized spacial score (nSPS) is 15.6. The predicted octanol–water partition coefficient (Wildman–Crippen LogP) is 2.50. The Morgan fingerprint density at radius 2 is 1.94 bits per heavy atom. The maximum Gasteiger partial charge on any atom is 0.265 e. The van der Waals surface area contributed by atoms with Crippen LogP contribution in [0.3, 0.4) is 0 Å². The second kappa shape index (κ2) is 4.26. The van der Waals surface area contributed by atoms with Crippen LogP contribution < -0.4 is 4.74 Å². The molecule has 0 atom stereocenters. The van der Waals surface area contributed by atoms with Crippen LogP contribution in [0.5, 0.6) is 5.75 Å². The van der Waals surface area contributed by atoms with Gasteiger partial charge in [-0.3, -0.25) is 0 Å². The smallest absolute Gasteiger partial charge is 0.265 e. The Kier molecular flexibility index (Phi) is 3.13. The number of halogens is 1. The lowest BCUT2D eigenvalue weighted by Gasteiger charge is -2.19. The van der Waals surface area contributed by atoms with Crippen LogP contribution in [-0.4, -0.2) is 15.5 Å². The maximum atomic E-state index is 11.6. The molecule has 0 amide bonds.